The Hall–Kier alpha value is -1.26. The van der Waals surface area contributed by atoms with Crippen molar-refractivity contribution in [3.8, 4) is 11.5 Å². The normalized spacial score (nSPS) is 22.0. The van der Waals surface area contributed by atoms with E-state index < -0.39 is 0 Å². The Morgan fingerprint density at radius 1 is 1.35 bits per heavy atom. The third kappa shape index (κ3) is 3.64. The molecule has 2 N–H and O–H groups in total. The van der Waals surface area contributed by atoms with Gasteiger partial charge in [-0.3, -0.25) is 0 Å². The number of ether oxygens (including phenoxy) is 2. The molecular weight excluding hydrogens is 290 g/mol. The molecular formula is C19H29NO3. The van der Waals surface area contributed by atoms with Crippen LogP contribution in [0.2, 0.25) is 0 Å². The SMILES string of the molecule is CCOc1cc(CNC2(CCO)CCCC2)c2c(c1)CC(C)O2. The van der Waals surface area contributed by atoms with Crippen molar-refractivity contribution in [1.82, 2.24) is 5.32 Å². The van der Waals surface area contributed by atoms with Gasteiger partial charge in [0.2, 0.25) is 0 Å². The van der Waals surface area contributed by atoms with Gasteiger partial charge in [0.05, 0.1) is 6.61 Å². The van der Waals surface area contributed by atoms with Gasteiger partial charge in [-0.25, -0.2) is 0 Å². The maximum absolute atomic E-state index is 9.41. The second kappa shape index (κ2) is 7.10. The van der Waals surface area contributed by atoms with E-state index in [1.807, 2.05) is 6.92 Å². The molecule has 1 atom stereocenters. The lowest BCUT2D eigenvalue weighted by Gasteiger charge is -2.30. The number of hydrogen-bond acceptors (Lipinski definition) is 4. The summed E-state index contributed by atoms with van der Waals surface area (Å²) < 4.78 is 11.8. The second-order valence-corrected chi connectivity index (χ2v) is 6.95. The van der Waals surface area contributed by atoms with Crippen LogP contribution in [0.1, 0.15) is 57.1 Å². The van der Waals surface area contributed by atoms with E-state index in [1.54, 1.807) is 0 Å². The molecule has 1 unspecified atom stereocenters. The molecule has 2 aliphatic rings. The van der Waals surface area contributed by atoms with Crippen LogP contribution in [0.4, 0.5) is 0 Å². The molecule has 1 aromatic rings. The first kappa shape index (κ1) is 16.6. The van der Waals surface area contributed by atoms with Crippen LogP contribution in [0, 0.1) is 0 Å². The Morgan fingerprint density at radius 2 is 2.13 bits per heavy atom. The maximum Gasteiger partial charge on any atom is 0.127 e. The number of aliphatic hydroxyl groups is 1. The molecule has 1 heterocycles. The third-order valence-corrected chi connectivity index (χ3v) is 5.16. The van der Waals surface area contributed by atoms with Gasteiger partial charge in [0.1, 0.15) is 17.6 Å². The van der Waals surface area contributed by atoms with Crippen LogP contribution in [0.25, 0.3) is 0 Å². The van der Waals surface area contributed by atoms with Crippen molar-refractivity contribution in [2.24, 2.45) is 0 Å². The number of aliphatic hydroxyl groups excluding tert-OH is 1. The van der Waals surface area contributed by atoms with Gasteiger partial charge in [-0.2, -0.15) is 0 Å². The molecule has 1 aromatic carbocycles. The van der Waals surface area contributed by atoms with E-state index in [0.717, 1.165) is 43.7 Å². The van der Waals surface area contributed by atoms with Crippen molar-refractivity contribution in [1.29, 1.82) is 0 Å². The minimum atomic E-state index is 0.0907. The van der Waals surface area contributed by atoms with E-state index >= 15 is 0 Å². The van der Waals surface area contributed by atoms with E-state index in [4.69, 9.17) is 9.47 Å². The minimum absolute atomic E-state index is 0.0907. The Labute approximate surface area is 139 Å². The summed E-state index contributed by atoms with van der Waals surface area (Å²) >= 11 is 0. The average molecular weight is 319 g/mol. The van der Waals surface area contributed by atoms with Crippen molar-refractivity contribution in [3.05, 3.63) is 23.3 Å². The molecule has 128 valence electrons. The fourth-order valence-electron chi connectivity index (χ4n) is 4.02. The molecule has 0 saturated heterocycles. The van der Waals surface area contributed by atoms with Crippen LogP contribution in [0.3, 0.4) is 0 Å². The Bertz CT molecular complexity index is 538. The van der Waals surface area contributed by atoms with Gasteiger partial charge in [0, 0.05) is 36.2 Å². The van der Waals surface area contributed by atoms with E-state index in [9.17, 15) is 5.11 Å². The molecule has 23 heavy (non-hydrogen) atoms. The zero-order valence-corrected chi connectivity index (χ0v) is 14.4. The van der Waals surface area contributed by atoms with E-state index in [0.29, 0.717) is 6.61 Å². The largest absolute Gasteiger partial charge is 0.494 e. The molecule has 0 bridgehead atoms. The number of fused-ring (bicyclic) bond motifs is 1. The van der Waals surface area contributed by atoms with Crippen LogP contribution < -0.4 is 14.8 Å². The lowest BCUT2D eigenvalue weighted by atomic mass is 9.93. The Morgan fingerprint density at radius 3 is 2.83 bits per heavy atom. The van der Waals surface area contributed by atoms with Crippen molar-refractivity contribution in [3.63, 3.8) is 0 Å². The van der Waals surface area contributed by atoms with Gasteiger partial charge in [0.15, 0.2) is 0 Å². The van der Waals surface area contributed by atoms with E-state index in [2.05, 4.69) is 24.4 Å². The molecule has 0 amide bonds. The van der Waals surface area contributed by atoms with E-state index in [1.165, 1.54) is 24.0 Å². The molecule has 1 aliphatic heterocycles. The summed E-state index contributed by atoms with van der Waals surface area (Å²) in [5, 5.41) is 13.1. The summed E-state index contributed by atoms with van der Waals surface area (Å²) in [6, 6.07) is 4.22. The van der Waals surface area contributed by atoms with Crippen LogP contribution in [0.5, 0.6) is 11.5 Å². The molecule has 4 nitrogen and oxygen atoms in total. The molecule has 0 spiro atoms. The van der Waals surface area contributed by atoms with E-state index in [-0.39, 0.29) is 18.2 Å². The van der Waals surface area contributed by atoms with Crippen LogP contribution in [-0.2, 0) is 13.0 Å². The van der Waals surface area contributed by atoms with Crippen molar-refractivity contribution >= 4 is 0 Å². The van der Waals surface area contributed by atoms with Gasteiger partial charge in [-0.1, -0.05) is 12.8 Å². The monoisotopic (exact) mass is 319 g/mol. The zero-order chi connectivity index (χ0) is 16.3. The van der Waals surface area contributed by atoms with Crippen LogP contribution in [-0.4, -0.2) is 30.0 Å². The van der Waals surface area contributed by atoms with Gasteiger partial charge in [-0.15, -0.1) is 0 Å². The summed E-state index contributed by atoms with van der Waals surface area (Å²) in [5.74, 6) is 1.97. The topological polar surface area (TPSA) is 50.7 Å². The maximum atomic E-state index is 9.41. The summed E-state index contributed by atoms with van der Waals surface area (Å²) in [4.78, 5) is 0. The Balaban J connectivity index is 1.79. The van der Waals surface area contributed by atoms with Crippen LogP contribution in [0.15, 0.2) is 12.1 Å². The molecule has 0 radical (unpaired) electrons. The predicted molar refractivity (Wildman–Crippen MR) is 91.1 cm³/mol. The summed E-state index contributed by atoms with van der Waals surface area (Å²) in [6.45, 7) is 5.82. The minimum Gasteiger partial charge on any atom is -0.494 e. The molecule has 1 fully saturated rings. The van der Waals surface area contributed by atoms with Crippen molar-refractivity contribution in [2.75, 3.05) is 13.2 Å². The highest BCUT2D eigenvalue weighted by atomic mass is 16.5. The molecule has 1 saturated carbocycles. The molecule has 1 aliphatic carbocycles. The quantitative estimate of drug-likeness (QED) is 0.810. The lowest BCUT2D eigenvalue weighted by Crippen LogP contribution is -2.43. The van der Waals surface area contributed by atoms with Gasteiger partial charge >= 0.3 is 0 Å². The highest BCUT2D eigenvalue weighted by Crippen LogP contribution is 2.38. The average Bonchev–Trinajstić information content (AvgIpc) is 3.12. The first-order valence-corrected chi connectivity index (χ1v) is 8.97. The van der Waals surface area contributed by atoms with Gasteiger partial charge in [-0.05, 0) is 45.2 Å². The number of rotatable bonds is 7. The lowest BCUT2D eigenvalue weighted by molar-refractivity contribution is 0.208. The first-order valence-electron chi connectivity index (χ1n) is 8.97. The molecule has 3 rings (SSSR count). The standard InChI is InChI=1S/C19H29NO3/c1-3-22-17-11-15-10-14(2)23-18(15)16(12-17)13-20-19(8-9-21)6-4-5-7-19/h11-12,14,20-21H,3-10,13H2,1-2H3. The highest BCUT2D eigenvalue weighted by molar-refractivity contribution is 5.49. The third-order valence-electron chi connectivity index (χ3n) is 5.16. The molecule has 0 aromatic heterocycles. The number of nitrogens with one attached hydrogen (secondary N) is 1. The van der Waals surface area contributed by atoms with Crippen LogP contribution >= 0.6 is 0 Å². The summed E-state index contributed by atoms with van der Waals surface area (Å²) in [6.07, 6.45) is 6.81. The van der Waals surface area contributed by atoms with Crippen molar-refractivity contribution < 1.29 is 14.6 Å². The smallest absolute Gasteiger partial charge is 0.127 e. The van der Waals surface area contributed by atoms with Gasteiger partial charge < -0.3 is 19.9 Å². The fraction of sp³-hybridized carbons (Fsp3) is 0.684. The van der Waals surface area contributed by atoms with Gasteiger partial charge in [0.25, 0.3) is 0 Å². The highest BCUT2D eigenvalue weighted by Gasteiger charge is 2.33. The summed E-state index contributed by atoms with van der Waals surface area (Å²) in [7, 11) is 0. The number of benzene rings is 1. The fourth-order valence-corrected chi connectivity index (χ4v) is 4.02. The number of hydrogen-bond donors (Lipinski definition) is 2. The van der Waals surface area contributed by atoms with Crippen molar-refractivity contribution in [2.45, 2.75) is 70.6 Å². The Kier molecular flexibility index (Phi) is 5.12. The zero-order valence-electron chi connectivity index (χ0n) is 14.4. The predicted octanol–water partition coefficient (Wildman–Crippen LogP) is 3.19. The first-order chi connectivity index (χ1) is 11.2. The molecule has 4 heteroatoms. The summed E-state index contributed by atoms with van der Waals surface area (Å²) in [5.41, 5.74) is 2.52. The second-order valence-electron chi connectivity index (χ2n) is 6.95.